The zero-order valence-corrected chi connectivity index (χ0v) is 14.8. The number of hydrogen-bond donors (Lipinski definition) is 1. The lowest BCUT2D eigenvalue weighted by atomic mass is 10.2. The Morgan fingerprint density at radius 1 is 1.47 bits per heavy atom. The van der Waals surface area contributed by atoms with Crippen molar-refractivity contribution < 1.29 is 14.6 Å². The third-order valence-corrected chi connectivity index (χ3v) is 4.82. The zero-order valence-electron chi connectivity index (χ0n) is 10.9. The Morgan fingerprint density at radius 2 is 2.16 bits per heavy atom. The predicted molar refractivity (Wildman–Crippen MR) is 83.8 cm³/mol. The number of aliphatic hydroxyl groups excluding tert-OH is 1. The number of amides is 1. The van der Waals surface area contributed by atoms with Gasteiger partial charge in [0, 0.05) is 12.6 Å². The van der Waals surface area contributed by atoms with E-state index in [1.54, 1.807) is 4.90 Å². The van der Waals surface area contributed by atoms with Crippen LogP contribution in [0.3, 0.4) is 0 Å². The molecule has 4 nitrogen and oxygen atoms in total. The minimum atomic E-state index is -0.0172. The molecule has 0 fully saturated rings. The van der Waals surface area contributed by atoms with Gasteiger partial charge in [0.15, 0.2) is 0 Å². The predicted octanol–water partition coefficient (Wildman–Crippen LogP) is 3.13. The van der Waals surface area contributed by atoms with Crippen molar-refractivity contribution in [3.05, 3.63) is 19.2 Å². The maximum atomic E-state index is 12.5. The number of rotatable bonds is 7. The normalized spacial score (nSPS) is 11.1. The lowest BCUT2D eigenvalue weighted by Gasteiger charge is -2.26. The molecule has 108 valence electrons. The first-order valence-electron chi connectivity index (χ1n) is 5.91. The highest BCUT2D eigenvalue weighted by Gasteiger charge is 2.22. The van der Waals surface area contributed by atoms with Gasteiger partial charge in [-0.05, 0) is 51.8 Å². The minimum Gasteiger partial charge on any atom is -0.394 e. The Kier molecular flexibility index (Phi) is 7.53. The molecule has 0 unspecified atom stereocenters. The fourth-order valence-electron chi connectivity index (χ4n) is 1.56. The SMILES string of the molecule is CC(C)N(CCOCCO)C(=O)c1cc(Br)sc1Br. The van der Waals surface area contributed by atoms with Gasteiger partial charge in [0.05, 0.1) is 33.0 Å². The summed E-state index contributed by atoms with van der Waals surface area (Å²) in [6.45, 7) is 5.18. The molecule has 1 aromatic rings. The van der Waals surface area contributed by atoms with Gasteiger partial charge < -0.3 is 14.7 Å². The standard InChI is InChI=1S/C12H17Br2NO3S/c1-8(2)15(3-5-18-6-4-16)12(17)9-7-10(13)19-11(9)14/h7-8,16H,3-6H2,1-2H3. The first-order valence-corrected chi connectivity index (χ1v) is 8.32. The van der Waals surface area contributed by atoms with Crippen molar-refractivity contribution in [1.82, 2.24) is 4.90 Å². The molecule has 0 bridgehead atoms. The lowest BCUT2D eigenvalue weighted by Crippen LogP contribution is -2.39. The topological polar surface area (TPSA) is 49.8 Å². The van der Waals surface area contributed by atoms with Crippen LogP contribution in [0.1, 0.15) is 24.2 Å². The Hall–Kier alpha value is 0.0500. The van der Waals surface area contributed by atoms with Crippen molar-refractivity contribution in [1.29, 1.82) is 0 Å². The van der Waals surface area contributed by atoms with Gasteiger partial charge >= 0.3 is 0 Å². The van der Waals surface area contributed by atoms with Crippen molar-refractivity contribution in [2.24, 2.45) is 0 Å². The van der Waals surface area contributed by atoms with E-state index in [0.29, 0.717) is 25.3 Å². The van der Waals surface area contributed by atoms with Crippen LogP contribution < -0.4 is 0 Å². The van der Waals surface area contributed by atoms with E-state index in [1.165, 1.54) is 11.3 Å². The van der Waals surface area contributed by atoms with E-state index in [1.807, 2.05) is 19.9 Å². The third kappa shape index (κ3) is 5.15. The second-order valence-corrected chi connectivity index (χ2v) is 7.92. The minimum absolute atomic E-state index is 0.00134. The van der Waals surface area contributed by atoms with Crippen LogP contribution >= 0.6 is 43.2 Å². The first-order chi connectivity index (χ1) is 8.97. The Morgan fingerprint density at radius 3 is 2.63 bits per heavy atom. The average Bonchev–Trinajstić information content (AvgIpc) is 2.67. The molecule has 0 aliphatic rings. The summed E-state index contributed by atoms with van der Waals surface area (Å²) in [5.41, 5.74) is 0.660. The molecule has 0 aromatic carbocycles. The molecule has 0 atom stereocenters. The summed E-state index contributed by atoms with van der Waals surface area (Å²) in [5, 5.41) is 8.65. The number of ether oxygens (including phenoxy) is 1. The van der Waals surface area contributed by atoms with E-state index >= 15 is 0 Å². The van der Waals surface area contributed by atoms with Gasteiger partial charge in [-0.3, -0.25) is 4.79 Å². The third-order valence-electron chi connectivity index (χ3n) is 2.48. The van der Waals surface area contributed by atoms with Crippen molar-refractivity contribution >= 4 is 49.1 Å². The second-order valence-electron chi connectivity index (χ2n) is 4.17. The van der Waals surface area contributed by atoms with Gasteiger partial charge in [-0.15, -0.1) is 11.3 Å². The van der Waals surface area contributed by atoms with Crippen LogP contribution in [0.4, 0.5) is 0 Å². The Balaban J connectivity index is 2.70. The van der Waals surface area contributed by atoms with Gasteiger partial charge in [-0.2, -0.15) is 0 Å². The van der Waals surface area contributed by atoms with Crippen molar-refractivity contribution in [2.45, 2.75) is 19.9 Å². The van der Waals surface area contributed by atoms with E-state index in [2.05, 4.69) is 31.9 Å². The first kappa shape index (κ1) is 17.1. The molecule has 0 spiro atoms. The summed E-state index contributed by atoms with van der Waals surface area (Å²) in [5.74, 6) is -0.0172. The van der Waals surface area contributed by atoms with Gasteiger partial charge in [0.25, 0.3) is 5.91 Å². The molecule has 7 heteroatoms. The monoisotopic (exact) mass is 413 g/mol. The Bertz CT molecular complexity index is 423. The fraction of sp³-hybridized carbons (Fsp3) is 0.583. The molecular weight excluding hydrogens is 398 g/mol. The van der Waals surface area contributed by atoms with Crippen LogP contribution in [0.15, 0.2) is 13.6 Å². The molecule has 1 amide bonds. The molecule has 0 aliphatic heterocycles. The summed E-state index contributed by atoms with van der Waals surface area (Å²) in [4.78, 5) is 14.2. The number of carbonyl (C=O) groups is 1. The van der Waals surface area contributed by atoms with E-state index in [0.717, 1.165) is 7.57 Å². The number of halogens is 2. The van der Waals surface area contributed by atoms with Crippen LogP contribution in [-0.2, 0) is 4.74 Å². The summed E-state index contributed by atoms with van der Waals surface area (Å²) < 4.78 is 6.97. The highest BCUT2D eigenvalue weighted by atomic mass is 79.9. The summed E-state index contributed by atoms with van der Waals surface area (Å²) in [6.07, 6.45) is 0. The summed E-state index contributed by atoms with van der Waals surface area (Å²) in [6, 6.07) is 1.91. The maximum absolute atomic E-state index is 12.5. The number of nitrogens with zero attached hydrogens (tertiary/aromatic N) is 1. The highest BCUT2D eigenvalue weighted by Crippen LogP contribution is 2.32. The molecule has 19 heavy (non-hydrogen) atoms. The summed E-state index contributed by atoms with van der Waals surface area (Å²) >= 11 is 8.26. The van der Waals surface area contributed by atoms with Gasteiger partial charge in [-0.25, -0.2) is 0 Å². The molecule has 0 saturated heterocycles. The van der Waals surface area contributed by atoms with Gasteiger partial charge in [0.1, 0.15) is 0 Å². The number of thiophene rings is 1. The largest absolute Gasteiger partial charge is 0.394 e. The smallest absolute Gasteiger partial charge is 0.256 e. The van der Waals surface area contributed by atoms with Crippen LogP contribution in [0.2, 0.25) is 0 Å². The molecule has 1 aromatic heterocycles. The van der Waals surface area contributed by atoms with Crippen LogP contribution in [0.5, 0.6) is 0 Å². The molecule has 1 heterocycles. The number of hydrogen-bond acceptors (Lipinski definition) is 4. The maximum Gasteiger partial charge on any atom is 0.256 e. The zero-order chi connectivity index (χ0) is 14.4. The molecular formula is C12H17Br2NO3S. The lowest BCUT2D eigenvalue weighted by molar-refractivity contribution is 0.0506. The number of aliphatic hydroxyl groups is 1. The molecule has 0 radical (unpaired) electrons. The van der Waals surface area contributed by atoms with E-state index in [9.17, 15) is 4.79 Å². The summed E-state index contributed by atoms with van der Waals surface area (Å²) in [7, 11) is 0. The van der Waals surface area contributed by atoms with Crippen LogP contribution in [-0.4, -0.2) is 48.3 Å². The van der Waals surface area contributed by atoms with Crippen molar-refractivity contribution in [3.63, 3.8) is 0 Å². The van der Waals surface area contributed by atoms with Crippen LogP contribution in [0, 0.1) is 0 Å². The molecule has 1 rings (SSSR count). The van der Waals surface area contributed by atoms with E-state index in [-0.39, 0.29) is 18.6 Å². The molecule has 0 aliphatic carbocycles. The average molecular weight is 415 g/mol. The van der Waals surface area contributed by atoms with Crippen molar-refractivity contribution in [2.75, 3.05) is 26.4 Å². The van der Waals surface area contributed by atoms with Crippen LogP contribution in [0.25, 0.3) is 0 Å². The Labute approximate surface area is 134 Å². The van der Waals surface area contributed by atoms with Gasteiger partial charge in [-0.1, -0.05) is 0 Å². The highest BCUT2D eigenvalue weighted by molar-refractivity contribution is 9.12. The fourth-order valence-corrected chi connectivity index (χ4v) is 4.34. The van der Waals surface area contributed by atoms with Gasteiger partial charge in [0.2, 0.25) is 0 Å². The second kappa shape index (κ2) is 8.36. The van der Waals surface area contributed by atoms with E-state index < -0.39 is 0 Å². The quantitative estimate of drug-likeness (QED) is 0.697. The molecule has 1 N–H and O–H groups in total. The van der Waals surface area contributed by atoms with Crippen molar-refractivity contribution in [3.8, 4) is 0 Å². The number of carbonyl (C=O) groups excluding carboxylic acids is 1. The molecule has 0 saturated carbocycles. The van der Waals surface area contributed by atoms with E-state index in [4.69, 9.17) is 9.84 Å².